The highest BCUT2D eigenvalue weighted by Gasteiger charge is 2.05. The van der Waals surface area contributed by atoms with Crippen molar-refractivity contribution in [2.75, 3.05) is 159 Å². The fourth-order valence-electron chi connectivity index (χ4n) is 4.07. The molecular weight excluding hydrogens is 732 g/mol. The number of ether oxygens (including phenoxy) is 13. The molecule has 2 rings (SSSR count). The molecule has 312 valence electrons. The number of benzene rings is 2. The number of hydrogen-bond donors (Lipinski definition) is 0. The van der Waals surface area contributed by atoms with Crippen LogP contribution in [0.4, 0.5) is 11.4 Å². The van der Waals surface area contributed by atoms with E-state index in [0.29, 0.717) is 170 Å². The predicted molar refractivity (Wildman–Crippen MR) is 196 cm³/mol. The Bertz CT molecular complexity index is 1100. The molecule has 0 unspecified atom stereocenters. The Kier molecular flexibility index (Phi) is 30.1. The lowest BCUT2D eigenvalue weighted by molar-refractivity contribution is -0.385. The normalized spacial score (nSPS) is 11.2. The molecule has 0 aromatic heterocycles. The van der Waals surface area contributed by atoms with Gasteiger partial charge in [-0.2, -0.15) is 0 Å². The molecule has 0 spiro atoms. The molecule has 19 heteroatoms. The number of rotatable bonds is 40. The average Bonchev–Trinajstić information content (AvgIpc) is 3.19. The summed E-state index contributed by atoms with van der Waals surface area (Å²) in [7, 11) is 0. The summed E-state index contributed by atoms with van der Waals surface area (Å²) in [5.41, 5.74) is 0.0388. The van der Waals surface area contributed by atoms with Crippen LogP contribution in [0.1, 0.15) is 0 Å². The first kappa shape index (κ1) is 47.6. The van der Waals surface area contributed by atoms with Crippen molar-refractivity contribution in [2.45, 2.75) is 0 Å². The molecule has 19 nitrogen and oxygen atoms in total. The van der Waals surface area contributed by atoms with Crippen LogP contribution in [0.2, 0.25) is 0 Å². The van der Waals surface area contributed by atoms with E-state index < -0.39 is 9.85 Å². The van der Waals surface area contributed by atoms with Gasteiger partial charge in [0.2, 0.25) is 0 Å². The standard InChI is InChI=1S/C36H56N2O17/c39-37(40)33-1-5-35(6-2-33)54-31-29-52-27-25-50-23-21-48-19-17-46-15-13-44-11-9-43-10-12-45-14-16-47-18-20-49-22-24-51-26-28-53-30-32-55-36-7-3-34(4-8-36)38(41)42/h1-8H,9-32H2. The molecule has 0 heterocycles. The molecule has 0 saturated carbocycles. The van der Waals surface area contributed by atoms with Crippen molar-refractivity contribution in [2.24, 2.45) is 0 Å². The van der Waals surface area contributed by atoms with Crippen molar-refractivity contribution >= 4 is 11.4 Å². The van der Waals surface area contributed by atoms with Crippen molar-refractivity contribution in [3.05, 3.63) is 68.8 Å². The number of hydrogen-bond acceptors (Lipinski definition) is 17. The Morgan fingerprint density at radius 1 is 0.291 bits per heavy atom. The molecule has 0 atom stereocenters. The minimum Gasteiger partial charge on any atom is -0.491 e. The fraction of sp³-hybridized carbons (Fsp3) is 0.667. The fourth-order valence-corrected chi connectivity index (χ4v) is 4.07. The highest BCUT2D eigenvalue weighted by molar-refractivity contribution is 5.36. The second-order valence-electron chi connectivity index (χ2n) is 10.9. The Balaban J connectivity index is 1.15. The van der Waals surface area contributed by atoms with Crippen LogP contribution in [0.25, 0.3) is 0 Å². The molecule has 0 aliphatic carbocycles. The van der Waals surface area contributed by atoms with Gasteiger partial charge in [0, 0.05) is 24.3 Å². The van der Waals surface area contributed by atoms with Crippen molar-refractivity contribution in [1.29, 1.82) is 0 Å². The van der Waals surface area contributed by atoms with Gasteiger partial charge in [-0.3, -0.25) is 20.2 Å². The summed E-state index contributed by atoms with van der Waals surface area (Å²) in [6.07, 6.45) is 0. The zero-order valence-corrected chi connectivity index (χ0v) is 31.4. The molecule has 2 aromatic carbocycles. The lowest BCUT2D eigenvalue weighted by atomic mass is 10.3. The van der Waals surface area contributed by atoms with Gasteiger partial charge in [-0.25, -0.2) is 0 Å². The third-order valence-corrected chi connectivity index (χ3v) is 6.81. The topological polar surface area (TPSA) is 206 Å². The third-order valence-electron chi connectivity index (χ3n) is 6.81. The van der Waals surface area contributed by atoms with Gasteiger partial charge in [0.1, 0.15) is 24.7 Å². The number of nitro groups is 2. The van der Waals surface area contributed by atoms with Gasteiger partial charge in [-0.05, 0) is 24.3 Å². The van der Waals surface area contributed by atoms with Gasteiger partial charge < -0.3 is 61.6 Å². The first-order chi connectivity index (χ1) is 27.1. The van der Waals surface area contributed by atoms with Crippen LogP contribution in [0, 0.1) is 20.2 Å². The van der Waals surface area contributed by atoms with Crippen LogP contribution < -0.4 is 9.47 Å². The third kappa shape index (κ3) is 28.5. The maximum atomic E-state index is 10.6. The van der Waals surface area contributed by atoms with E-state index in [2.05, 4.69) is 0 Å². The first-order valence-electron chi connectivity index (χ1n) is 18.2. The summed E-state index contributed by atoms with van der Waals surface area (Å²) in [6.45, 7) is 10.6. The first-order valence-corrected chi connectivity index (χ1v) is 18.2. The van der Waals surface area contributed by atoms with E-state index in [1.807, 2.05) is 0 Å². The van der Waals surface area contributed by atoms with Crippen LogP contribution in [0.3, 0.4) is 0 Å². The van der Waals surface area contributed by atoms with Crippen LogP contribution in [0.5, 0.6) is 11.5 Å². The summed E-state index contributed by atoms with van der Waals surface area (Å²) in [6, 6.07) is 11.8. The average molecular weight is 789 g/mol. The van der Waals surface area contributed by atoms with E-state index in [-0.39, 0.29) is 11.4 Å². The van der Waals surface area contributed by atoms with Crippen molar-refractivity contribution in [3.8, 4) is 11.5 Å². The molecule has 0 amide bonds. The van der Waals surface area contributed by atoms with E-state index in [1.54, 1.807) is 24.3 Å². The molecule has 2 aromatic rings. The van der Waals surface area contributed by atoms with E-state index >= 15 is 0 Å². The predicted octanol–water partition coefficient (Wildman–Crippen LogP) is 3.14. The molecular formula is C36H56N2O17. The van der Waals surface area contributed by atoms with Gasteiger partial charge in [0.05, 0.1) is 155 Å². The maximum absolute atomic E-state index is 10.6. The summed E-state index contributed by atoms with van der Waals surface area (Å²) >= 11 is 0. The second kappa shape index (κ2) is 34.9. The lowest BCUT2D eigenvalue weighted by Crippen LogP contribution is -2.15. The highest BCUT2D eigenvalue weighted by Crippen LogP contribution is 2.18. The summed E-state index contributed by atoms with van der Waals surface area (Å²) in [4.78, 5) is 20.4. The molecule has 0 aliphatic rings. The van der Waals surface area contributed by atoms with Gasteiger partial charge >= 0.3 is 0 Å². The molecule has 0 N–H and O–H groups in total. The Morgan fingerprint density at radius 3 is 0.618 bits per heavy atom. The Hall–Kier alpha value is -3.60. The minimum absolute atomic E-state index is 0.0194. The molecule has 55 heavy (non-hydrogen) atoms. The van der Waals surface area contributed by atoms with E-state index in [0.717, 1.165) is 0 Å². The van der Waals surface area contributed by atoms with Gasteiger partial charge in [-0.1, -0.05) is 0 Å². The van der Waals surface area contributed by atoms with Gasteiger partial charge in [0.25, 0.3) is 11.4 Å². The lowest BCUT2D eigenvalue weighted by Gasteiger charge is -2.09. The largest absolute Gasteiger partial charge is 0.491 e. The highest BCUT2D eigenvalue weighted by atomic mass is 16.6. The summed E-state index contributed by atoms with van der Waals surface area (Å²) in [5.74, 6) is 1.10. The Labute approximate surface area is 321 Å². The molecule has 0 saturated heterocycles. The van der Waals surface area contributed by atoms with Crippen LogP contribution in [-0.2, 0) is 52.1 Å². The zero-order chi connectivity index (χ0) is 39.3. The van der Waals surface area contributed by atoms with Crippen LogP contribution in [-0.4, -0.2) is 168 Å². The SMILES string of the molecule is O=[N+]([O-])c1ccc(OCCOCCOCCOCCOCCOCCOCCOCCOCCOCCOCCOCCOc2ccc([N+](=O)[O-])cc2)cc1. The number of non-ortho nitro benzene ring substituents is 2. The van der Waals surface area contributed by atoms with Gasteiger partial charge in [-0.15, -0.1) is 0 Å². The maximum Gasteiger partial charge on any atom is 0.269 e. The summed E-state index contributed by atoms with van der Waals surface area (Å²) < 4.78 is 71.0. The van der Waals surface area contributed by atoms with Crippen LogP contribution in [0.15, 0.2) is 48.5 Å². The summed E-state index contributed by atoms with van der Waals surface area (Å²) in [5, 5.41) is 21.3. The van der Waals surface area contributed by atoms with Crippen LogP contribution >= 0.6 is 0 Å². The zero-order valence-electron chi connectivity index (χ0n) is 31.4. The van der Waals surface area contributed by atoms with E-state index in [4.69, 9.17) is 61.6 Å². The quantitative estimate of drug-likeness (QED) is 0.0540. The molecule has 0 aliphatic heterocycles. The van der Waals surface area contributed by atoms with Crippen molar-refractivity contribution < 1.29 is 71.4 Å². The van der Waals surface area contributed by atoms with E-state index in [9.17, 15) is 20.2 Å². The van der Waals surface area contributed by atoms with Crippen molar-refractivity contribution in [3.63, 3.8) is 0 Å². The van der Waals surface area contributed by atoms with Gasteiger partial charge in [0.15, 0.2) is 0 Å². The van der Waals surface area contributed by atoms with E-state index in [1.165, 1.54) is 24.3 Å². The molecule has 0 radical (unpaired) electrons. The number of nitrogens with zero attached hydrogens (tertiary/aromatic N) is 2. The Morgan fingerprint density at radius 2 is 0.455 bits per heavy atom. The smallest absolute Gasteiger partial charge is 0.269 e. The molecule has 0 fully saturated rings. The van der Waals surface area contributed by atoms with Crippen molar-refractivity contribution in [1.82, 2.24) is 0 Å². The second-order valence-corrected chi connectivity index (χ2v) is 10.9. The monoisotopic (exact) mass is 788 g/mol. The minimum atomic E-state index is -0.456. The number of nitro benzene ring substituents is 2. The molecule has 0 bridgehead atoms.